The molecule has 0 aliphatic carbocycles. The van der Waals surface area contributed by atoms with Crippen LogP contribution in [0.4, 0.5) is 0 Å². The molecule has 0 unspecified atom stereocenters. The number of benzene rings is 2. The minimum absolute atomic E-state index is 0.192. The summed E-state index contributed by atoms with van der Waals surface area (Å²) in [6, 6.07) is 18.9. The summed E-state index contributed by atoms with van der Waals surface area (Å²) in [5, 5.41) is 9.29. The van der Waals surface area contributed by atoms with Crippen LogP contribution in [0, 0.1) is 11.3 Å². The van der Waals surface area contributed by atoms with Crippen molar-refractivity contribution in [1.82, 2.24) is 4.98 Å². The molecule has 0 atom stereocenters. The number of nitriles is 1. The van der Waals surface area contributed by atoms with Crippen molar-refractivity contribution in [3.05, 3.63) is 91.5 Å². The number of esters is 1. The van der Waals surface area contributed by atoms with Crippen LogP contribution in [0.3, 0.4) is 0 Å². The van der Waals surface area contributed by atoms with Crippen molar-refractivity contribution in [3.8, 4) is 11.9 Å². The maximum Gasteiger partial charge on any atom is 0.309 e. The van der Waals surface area contributed by atoms with Crippen LogP contribution in [-0.4, -0.2) is 24.7 Å². The molecule has 0 aliphatic heterocycles. The van der Waals surface area contributed by atoms with Gasteiger partial charge in [0.25, 0.3) is 0 Å². The molecule has 1 heterocycles. The Balaban J connectivity index is 1.63. The zero-order chi connectivity index (χ0) is 23.6. The van der Waals surface area contributed by atoms with Gasteiger partial charge >= 0.3 is 5.97 Å². The first-order valence-electron chi connectivity index (χ1n) is 10.2. The predicted molar refractivity (Wildman–Crippen MR) is 131 cm³/mol. The molecule has 33 heavy (non-hydrogen) atoms. The van der Waals surface area contributed by atoms with Crippen LogP contribution in [0.1, 0.15) is 27.8 Å². The van der Waals surface area contributed by atoms with Gasteiger partial charge in [-0.1, -0.05) is 34.1 Å². The molecule has 170 valence electrons. The normalized spacial score (nSPS) is 10.5. The van der Waals surface area contributed by atoms with Gasteiger partial charge in [-0.15, -0.1) is 0 Å². The molecule has 3 aromatic rings. The number of ether oxygens (including phenoxy) is 3. The second-order valence-corrected chi connectivity index (χ2v) is 8.88. The largest absolute Gasteiger partial charge is 0.473 e. The number of hydrogen-bond donors (Lipinski definition) is 0. The quantitative estimate of drug-likeness (QED) is 0.180. The first kappa shape index (κ1) is 24.9. The maximum absolute atomic E-state index is 11.7. The van der Waals surface area contributed by atoms with Crippen molar-refractivity contribution in [2.24, 2.45) is 0 Å². The number of pyridine rings is 1. The molecule has 0 saturated heterocycles. The van der Waals surface area contributed by atoms with E-state index in [9.17, 15) is 10.1 Å². The lowest BCUT2D eigenvalue weighted by molar-refractivity contribution is -0.139. The molecular weight excluding hydrogens is 552 g/mol. The highest BCUT2D eigenvalue weighted by Gasteiger charge is 2.10. The van der Waals surface area contributed by atoms with E-state index < -0.39 is 0 Å². The van der Waals surface area contributed by atoms with Crippen LogP contribution in [0.25, 0.3) is 0 Å². The zero-order valence-electron chi connectivity index (χ0n) is 18.0. The lowest BCUT2D eigenvalue weighted by Gasteiger charge is -2.13. The second-order valence-electron chi connectivity index (χ2n) is 7.15. The number of aromatic nitrogens is 1. The van der Waals surface area contributed by atoms with Crippen molar-refractivity contribution < 1.29 is 19.0 Å². The molecule has 0 radical (unpaired) electrons. The predicted octanol–water partition coefficient (Wildman–Crippen LogP) is 5.53. The van der Waals surface area contributed by atoms with Gasteiger partial charge in [-0.3, -0.25) is 4.79 Å². The van der Waals surface area contributed by atoms with Crippen molar-refractivity contribution in [1.29, 1.82) is 5.26 Å². The fourth-order valence-corrected chi connectivity index (χ4v) is 3.92. The van der Waals surface area contributed by atoms with Gasteiger partial charge in [0.05, 0.1) is 38.4 Å². The molecule has 0 fully saturated rings. The lowest BCUT2D eigenvalue weighted by atomic mass is 10.0. The fraction of sp³-hybridized carbons (Fsp3) is 0.240. The Morgan fingerprint density at radius 3 is 2.58 bits per heavy atom. The molecule has 8 heteroatoms. The molecule has 3 rings (SSSR count). The van der Waals surface area contributed by atoms with Gasteiger partial charge in [0, 0.05) is 10.5 Å². The third kappa shape index (κ3) is 7.67. The Bertz CT molecular complexity index is 1160. The number of carbonyl (C=O) groups excluding carboxylic acids is 1. The van der Waals surface area contributed by atoms with E-state index in [2.05, 4.69) is 42.9 Å². The van der Waals surface area contributed by atoms with Gasteiger partial charge in [0.2, 0.25) is 5.88 Å². The van der Waals surface area contributed by atoms with Gasteiger partial charge in [-0.05, 0) is 74.9 Å². The number of carbonyl (C=O) groups is 1. The Morgan fingerprint density at radius 2 is 1.82 bits per heavy atom. The molecule has 0 N–H and O–H groups in total. The average Bonchev–Trinajstić information content (AvgIpc) is 2.82. The standard InChI is InChI=1S/C25H22Br2N2O4/c1-31-25(30)13-18-7-8-22(26)12-21(18)15-32-10-9-19-11-17(14-28)5-6-20(19)16-33-24-4-2-3-23(27)29-24/h2-8,11-12H,9-10,13,15-16H2,1H3. The maximum atomic E-state index is 11.7. The number of nitrogens with zero attached hydrogens (tertiary/aromatic N) is 2. The molecule has 0 bridgehead atoms. The van der Waals surface area contributed by atoms with Crippen LogP contribution >= 0.6 is 31.9 Å². The molecule has 0 saturated carbocycles. The summed E-state index contributed by atoms with van der Waals surface area (Å²) < 4.78 is 18.1. The van der Waals surface area contributed by atoms with Gasteiger partial charge < -0.3 is 14.2 Å². The van der Waals surface area contributed by atoms with E-state index in [4.69, 9.17) is 14.2 Å². The molecular formula is C25H22Br2N2O4. The summed E-state index contributed by atoms with van der Waals surface area (Å²) in [5.74, 6) is 0.222. The van der Waals surface area contributed by atoms with Crippen LogP contribution in [0.2, 0.25) is 0 Å². The molecule has 0 spiro atoms. The van der Waals surface area contributed by atoms with Gasteiger partial charge in [-0.25, -0.2) is 4.98 Å². The van der Waals surface area contributed by atoms with Crippen molar-refractivity contribution in [2.45, 2.75) is 26.1 Å². The minimum Gasteiger partial charge on any atom is -0.473 e. The molecule has 6 nitrogen and oxygen atoms in total. The first-order valence-corrected chi connectivity index (χ1v) is 11.8. The topological polar surface area (TPSA) is 81.4 Å². The third-order valence-corrected chi connectivity index (χ3v) is 5.84. The van der Waals surface area contributed by atoms with Crippen LogP contribution in [0.15, 0.2) is 63.7 Å². The van der Waals surface area contributed by atoms with Gasteiger partial charge in [0.1, 0.15) is 11.2 Å². The van der Waals surface area contributed by atoms with Crippen molar-refractivity contribution in [2.75, 3.05) is 13.7 Å². The van der Waals surface area contributed by atoms with Crippen LogP contribution in [0.5, 0.6) is 5.88 Å². The van der Waals surface area contributed by atoms with E-state index in [1.807, 2.05) is 42.5 Å². The second kappa shape index (κ2) is 12.5. The molecule has 0 aliphatic rings. The first-order chi connectivity index (χ1) is 16.0. The number of halogens is 2. The average molecular weight is 574 g/mol. The summed E-state index contributed by atoms with van der Waals surface area (Å²) in [4.78, 5) is 16.0. The van der Waals surface area contributed by atoms with Crippen LogP contribution in [-0.2, 0) is 40.3 Å². The Labute approximate surface area is 209 Å². The van der Waals surface area contributed by atoms with E-state index in [0.717, 1.165) is 26.7 Å². The number of methoxy groups -OCH3 is 1. The smallest absolute Gasteiger partial charge is 0.309 e. The summed E-state index contributed by atoms with van der Waals surface area (Å²) >= 11 is 6.80. The summed E-state index contributed by atoms with van der Waals surface area (Å²) in [6.07, 6.45) is 0.804. The van der Waals surface area contributed by atoms with E-state index in [1.165, 1.54) is 7.11 Å². The molecule has 2 aromatic carbocycles. The number of hydrogen-bond acceptors (Lipinski definition) is 6. The summed E-state index contributed by atoms with van der Waals surface area (Å²) in [6.45, 7) is 1.14. The van der Waals surface area contributed by atoms with E-state index in [-0.39, 0.29) is 12.4 Å². The Morgan fingerprint density at radius 1 is 1.00 bits per heavy atom. The van der Waals surface area contributed by atoms with E-state index in [0.29, 0.717) is 42.3 Å². The highest BCUT2D eigenvalue weighted by Crippen LogP contribution is 2.20. The highest BCUT2D eigenvalue weighted by molar-refractivity contribution is 9.10. The SMILES string of the molecule is COC(=O)Cc1ccc(Br)cc1COCCc1cc(C#N)ccc1COc1cccc(Br)n1. The summed E-state index contributed by atoms with van der Waals surface area (Å²) in [7, 11) is 1.38. The van der Waals surface area contributed by atoms with Crippen molar-refractivity contribution >= 4 is 37.8 Å². The Kier molecular flexibility index (Phi) is 9.43. The molecule has 1 aromatic heterocycles. The zero-order valence-corrected chi connectivity index (χ0v) is 21.2. The summed E-state index contributed by atoms with van der Waals surface area (Å²) in [5.41, 5.74) is 4.32. The highest BCUT2D eigenvalue weighted by atomic mass is 79.9. The molecule has 0 amide bonds. The lowest BCUT2D eigenvalue weighted by Crippen LogP contribution is -2.09. The van der Waals surface area contributed by atoms with Crippen molar-refractivity contribution in [3.63, 3.8) is 0 Å². The van der Waals surface area contributed by atoms with E-state index in [1.54, 1.807) is 12.1 Å². The third-order valence-electron chi connectivity index (χ3n) is 4.90. The number of rotatable bonds is 10. The monoisotopic (exact) mass is 572 g/mol. The van der Waals surface area contributed by atoms with Gasteiger partial charge in [0.15, 0.2) is 0 Å². The Hall–Kier alpha value is -2.73. The van der Waals surface area contributed by atoms with Gasteiger partial charge in [-0.2, -0.15) is 5.26 Å². The fourth-order valence-electron chi connectivity index (χ4n) is 3.18. The van der Waals surface area contributed by atoms with E-state index >= 15 is 0 Å². The van der Waals surface area contributed by atoms with Crippen LogP contribution < -0.4 is 4.74 Å². The minimum atomic E-state index is -0.295.